The molecule has 0 saturated heterocycles. The second-order valence-corrected chi connectivity index (χ2v) is 14.1. The Hall–Kier alpha value is -4.31. The van der Waals surface area contributed by atoms with Gasteiger partial charge in [0, 0.05) is 18.6 Å². The van der Waals surface area contributed by atoms with Gasteiger partial charge in [0.15, 0.2) is 6.54 Å². The van der Waals surface area contributed by atoms with Crippen molar-refractivity contribution in [2.45, 2.75) is 46.6 Å². The Labute approximate surface area is 272 Å². The second kappa shape index (κ2) is 14.6. The number of benzene rings is 3. The van der Waals surface area contributed by atoms with Crippen LogP contribution in [0, 0.1) is 13.8 Å². The molecular weight excluding hydrogens is 654 g/mol. The van der Waals surface area contributed by atoms with Gasteiger partial charge < -0.3 is 19.3 Å². The number of aromatic carboxylic acids is 1. The average Bonchev–Trinajstić information content (AvgIpc) is 2.98. The first-order chi connectivity index (χ1) is 22.1. The number of rotatable bonds is 15. The Kier molecular flexibility index (Phi) is 11.1. The van der Waals surface area contributed by atoms with Gasteiger partial charge in [0.1, 0.15) is 17.2 Å². The number of hydrogen-bond donors (Lipinski definition) is 3. The first kappa shape index (κ1) is 35.5. The Bertz CT molecular complexity index is 2040. The third-order valence-electron chi connectivity index (χ3n) is 7.23. The SMILES string of the molecule is CCCOc1ccc2c(c1)c(C(=O)Oc1c(C)cc(C(=O)O)cc1C)c1cc(OCCCS(=O)(=O)O)ccc1[n+]2CCCS(=O)(=O)O. The zero-order valence-electron chi connectivity index (χ0n) is 26.1. The number of aromatic nitrogens is 1. The van der Waals surface area contributed by atoms with E-state index in [4.69, 9.17) is 18.8 Å². The molecule has 0 fully saturated rings. The first-order valence-corrected chi connectivity index (χ1v) is 18.0. The van der Waals surface area contributed by atoms with Crippen molar-refractivity contribution in [1.29, 1.82) is 0 Å². The largest absolute Gasteiger partial charge is 0.494 e. The normalized spacial score (nSPS) is 11.9. The number of carbonyl (C=O) groups is 2. The molecule has 0 aliphatic carbocycles. The van der Waals surface area contributed by atoms with Gasteiger partial charge in [-0.2, -0.15) is 21.4 Å². The molecule has 15 heteroatoms. The van der Waals surface area contributed by atoms with Crippen molar-refractivity contribution in [2.24, 2.45) is 0 Å². The van der Waals surface area contributed by atoms with Gasteiger partial charge in [0.2, 0.25) is 11.0 Å². The molecule has 0 radical (unpaired) electrons. The average molecular weight is 691 g/mol. The molecule has 252 valence electrons. The predicted octanol–water partition coefficient (Wildman–Crippen LogP) is 4.54. The van der Waals surface area contributed by atoms with Crippen LogP contribution >= 0.6 is 0 Å². The molecule has 47 heavy (non-hydrogen) atoms. The fraction of sp³-hybridized carbons (Fsp3) is 0.344. The van der Waals surface area contributed by atoms with Crippen LogP contribution in [0.3, 0.4) is 0 Å². The lowest BCUT2D eigenvalue weighted by atomic mass is 10.0. The molecule has 4 aromatic rings. The number of ether oxygens (including phenoxy) is 3. The predicted molar refractivity (Wildman–Crippen MR) is 173 cm³/mol. The van der Waals surface area contributed by atoms with E-state index >= 15 is 0 Å². The van der Waals surface area contributed by atoms with Crippen molar-refractivity contribution < 1.29 is 59.4 Å². The highest BCUT2D eigenvalue weighted by molar-refractivity contribution is 7.86. The maximum atomic E-state index is 14.2. The highest BCUT2D eigenvalue weighted by Gasteiger charge is 2.28. The van der Waals surface area contributed by atoms with Crippen LogP contribution in [0.1, 0.15) is 58.0 Å². The topological polar surface area (TPSA) is 195 Å². The van der Waals surface area contributed by atoms with E-state index in [9.17, 15) is 36.1 Å². The van der Waals surface area contributed by atoms with Crippen LogP contribution in [-0.2, 0) is 26.8 Å². The molecule has 3 aromatic carbocycles. The van der Waals surface area contributed by atoms with E-state index in [1.165, 1.54) is 12.1 Å². The van der Waals surface area contributed by atoms with E-state index < -0.39 is 43.7 Å². The summed E-state index contributed by atoms with van der Waals surface area (Å²) in [6.07, 6.45) is 0.777. The first-order valence-electron chi connectivity index (χ1n) is 14.7. The zero-order valence-corrected chi connectivity index (χ0v) is 27.7. The summed E-state index contributed by atoms with van der Waals surface area (Å²) in [4.78, 5) is 25.8. The smallest absolute Gasteiger partial charge is 0.345 e. The van der Waals surface area contributed by atoms with Gasteiger partial charge in [-0.1, -0.05) is 6.92 Å². The molecule has 0 spiro atoms. The number of aryl methyl sites for hydroxylation is 3. The van der Waals surface area contributed by atoms with Crippen molar-refractivity contribution in [2.75, 3.05) is 24.7 Å². The van der Waals surface area contributed by atoms with Gasteiger partial charge in [-0.25, -0.2) is 9.59 Å². The highest BCUT2D eigenvalue weighted by atomic mass is 32.2. The number of carboxylic acid groups (broad SMARTS) is 1. The Morgan fingerprint density at radius 3 is 1.77 bits per heavy atom. The van der Waals surface area contributed by atoms with E-state index in [2.05, 4.69) is 0 Å². The number of pyridine rings is 1. The quantitative estimate of drug-likeness (QED) is 0.0394. The number of carbonyl (C=O) groups excluding carboxylic acids is 1. The summed E-state index contributed by atoms with van der Waals surface area (Å²) in [5.41, 5.74) is 2.05. The molecule has 0 unspecified atom stereocenters. The summed E-state index contributed by atoms with van der Waals surface area (Å²) in [6.45, 7) is 5.68. The van der Waals surface area contributed by atoms with Gasteiger partial charge in [-0.05, 0) is 74.2 Å². The van der Waals surface area contributed by atoms with Gasteiger partial charge in [0.05, 0.1) is 46.6 Å². The van der Waals surface area contributed by atoms with Crippen molar-refractivity contribution in [1.82, 2.24) is 0 Å². The molecule has 0 saturated carbocycles. The minimum absolute atomic E-state index is 0.00213. The summed E-state index contributed by atoms with van der Waals surface area (Å²) in [6, 6.07) is 12.8. The molecule has 4 rings (SSSR count). The Balaban J connectivity index is 1.93. The molecule has 0 bridgehead atoms. The molecule has 0 aliphatic heterocycles. The summed E-state index contributed by atoms with van der Waals surface area (Å²) in [5, 5.41) is 10.2. The monoisotopic (exact) mass is 690 g/mol. The van der Waals surface area contributed by atoms with Crippen LogP contribution in [0.25, 0.3) is 21.8 Å². The third-order valence-corrected chi connectivity index (χ3v) is 8.84. The van der Waals surface area contributed by atoms with Crippen LogP contribution < -0.4 is 18.8 Å². The van der Waals surface area contributed by atoms with E-state index in [0.717, 1.165) is 6.42 Å². The molecule has 1 heterocycles. The minimum atomic E-state index is -4.25. The maximum absolute atomic E-state index is 14.2. The van der Waals surface area contributed by atoms with Crippen LogP contribution in [0.15, 0.2) is 48.5 Å². The second-order valence-electron chi connectivity index (χ2n) is 11.0. The van der Waals surface area contributed by atoms with E-state index in [1.54, 1.807) is 54.8 Å². The van der Waals surface area contributed by atoms with Crippen molar-refractivity contribution in [3.8, 4) is 17.2 Å². The summed E-state index contributed by atoms with van der Waals surface area (Å²) >= 11 is 0. The zero-order chi connectivity index (χ0) is 34.5. The van der Waals surface area contributed by atoms with E-state index in [0.29, 0.717) is 45.3 Å². The van der Waals surface area contributed by atoms with Gasteiger partial charge in [-0.15, -0.1) is 0 Å². The Morgan fingerprint density at radius 1 is 0.766 bits per heavy atom. The van der Waals surface area contributed by atoms with Gasteiger partial charge >= 0.3 is 11.9 Å². The number of esters is 1. The maximum Gasteiger partial charge on any atom is 0.345 e. The third kappa shape index (κ3) is 9.16. The van der Waals surface area contributed by atoms with Gasteiger partial charge in [0.25, 0.3) is 20.2 Å². The number of hydrogen-bond acceptors (Lipinski definition) is 9. The highest BCUT2D eigenvalue weighted by Crippen LogP contribution is 2.33. The van der Waals surface area contributed by atoms with E-state index in [-0.39, 0.29) is 48.6 Å². The van der Waals surface area contributed by atoms with Crippen LogP contribution in [0.4, 0.5) is 0 Å². The van der Waals surface area contributed by atoms with Crippen LogP contribution in [0.5, 0.6) is 17.2 Å². The molecule has 0 aliphatic rings. The minimum Gasteiger partial charge on any atom is -0.494 e. The lowest BCUT2D eigenvalue weighted by molar-refractivity contribution is -0.645. The van der Waals surface area contributed by atoms with E-state index in [1.807, 2.05) is 6.92 Å². The molecule has 1 aromatic heterocycles. The van der Waals surface area contributed by atoms with Crippen molar-refractivity contribution in [3.63, 3.8) is 0 Å². The van der Waals surface area contributed by atoms with Crippen LogP contribution in [-0.4, -0.2) is 67.7 Å². The van der Waals surface area contributed by atoms with Crippen molar-refractivity contribution in [3.05, 3.63) is 70.8 Å². The number of carboxylic acids is 1. The number of nitrogens with zero attached hydrogens (tertiary/aromatic N) is 1. The molecule has 0 amide bonds. The Morgan fingerprint density at radius 2 is 1.28 bits per heavy atom. The number of fused-ring (bicyclic) bond motifs is 2. The standard InChI is InChI=1S/C32H35NO12S2/c1-4-12-43-23-7-9-27-25(18-23)29(32(36)45-30-20(2)16-22(31(34)35)17-21(30)3)26-19-24(44-13-6-15-47(40,41)42)8-10-28(26)33(27)11-5-14-46(37,38)39/h7-10,16-19H,4-6,11-15H2,1-3H3,(H2-,34,35,37,38,39,40,41,42)/p+1. The summed E-state index contributed by atoms with van der Waals surface area (Å²) in [5.74, 6) is -1.97. The summed E-state index contributed by atoms with van der Waals surface area (Å²) in [7, 11) is -8.43. The fourth-order valence-electron chi connectivity index (χ4n) is 5.25. The molecule has 13 nitrogen and oxygen atoms in total. The lowest BCUT2D eigenvalue weighted by Crippen LogP contribution is -2.37. The molecular formula is C32H36NO12S2+. The lowest BCUT2D eigenvalue weighted by Gasteiger charge is -2.16. The molecule has 0 atom stereocenters. The summed E-state index contributed by atoms with van der Waals surface area (Å²) < 4.78 is 83.1. The van der Waals surface area contributed by atoms with Crippen molar-refractivity contribution >= 4 is 54.0 Å². The molecule has 3 N–H and O–H groups in total. The fourth-order valence-corrected chi connectivity index (χ4v) is 6.23. The van der Waals surface area contributed by atoms with Crippen LogP contribution in [0.2, 0.25) is 0 Å². The van der Waals surface area contributed by atoms with Gasteiger partial charge in [-0.3, -0.25) is 9.11 Å².